The molecule has 0 saturated heterocycles. The van der Waals surface area contributed by atoms with Crippen molar-refractivity contribution in [2.24, 2.45) is 5.73 Å². The molecule has 0 radical (unpaired) electrons. The van der Waals surface area contributed by atoms with E-state index in [0.717, 1.165) is 16.9 Å². The molecule has 0 atom stereocenters. The van der Waals surface area contributed by atoms with Crippen LogP contribution >= 0.6 is 0 Å². The molecule has 0 aliphatic carbocycles. The summed E-state index contributed by atoms with van der Waals surface area (Å²) in [5.41, 5.74) is 7.84. The monoisotopic (exact) mass is 262 g/mol. The highest BCUT2D eigenvalue weighted by atomic mass is 16.5. The second kappa shape index (κ2) is 6.99. The van der Waals surface area contributed by atoms with Crippen LogP contribution in [-0.2, 0) is 6.61 Å². The lowest BCUT2D eigenvalue weighted by Gasteiger charge is -2.06. The first kappa shape index (κ1) is 13.7. The van der Waals surface area contributed by atoms with Crippen LogP contribution in [0.1, 0.15) is 16.7 Å². The van der Waals surface area contributed by atoms with Gasteiger partial charge in [0, 0.05) is 5.56 Å². The Kier molecular flexibility index (Phi) is 4.78. The minimum atomic E-state index is 0.355. The second-order valence-corrected chi connectivity index (χ2v) is 4.13. The highest BCUT2D eigenvalue weighted by molar-refractivity contribution is 5.38. The molecular weight excluding hydrogens is 248 g/mol. The highest BCUT2D eigenvalue weighted by Crippen LogP contribution is 2.14. The summed E-state index contributed by atoms with van der Waals surface area (Å²) >= 11 is 0. The zero-order chi connectivity index (χ0) is 14.2. The Bertz CT molecular complexity index is 673. The molecule has 3 nitrogen and oxygen atoms in total. The quantitative estimate of drug-likeness (QED) is 0.864. The van der Waals surface area contributed by atoms with Crippen molar-refractivity contribution < 1.29 is 4.74 Å². The van der Waals surface area contributed by atoms with Crippen LogP contribution in [0.15, 0.2) is 48.5 Å². The molecule has 0 aliphatic heterocycles. The largest absolute Gasteiger partial charge is 0.489 e. The van der Waals surface area contributed by atoms with Crippen LogP contribution < -0.4 is 10.5 Å². The van der Waals surface area contributed by atoms with Gasteiger partial charge < -0.3 is 10.5 Å². The summed E-state index contributed by atoms with van der Waals surface area (Å²) in [5.74, 6) is 6.52. The Balaban J connectivity index is 1.98. The van der Waals surface area contributed by atoms with E-state index in [4.69, 9.17) is 15.7 Å². The molecular formula is C17H14N2O. The van der Waals surface area contributed by atoms with Gasteiger partial charge in [0.15, 0.2) is 0 Å². The van der Waals surface area contributed by atoms with Crippen LogP contribution in [0.3, 0.4) is 0 Å². The van der Waals surface area contributed by atoms with Crippen molar-refractivity contribution >= 4 is 0 Å². The van der Waals surface area contributed by atoms with Gasteiger partial charge in [-0.1, -0.05) is 24.0 Å². The molecule has 3 heteroatoms. The standard InChI is InChI=1S/C17H14N2O/c18-10-2-5-14-6-8-17(9-7-14)20-13-16-4-1-3-15(11-16)12-19/h1,3-4,6-9,11H,10,13,18H2. The van der Waals surface area contributed by atoms with Crippen molar-refractivity contribution in [1.82, 2.24) is 0 Å². The number of benzene rings is 2. The van der Waals surface area contributed by atoms with Crippen molar-refractivity contribution in [3.63, 3.8) is 0 Å². The van der Waals surface area contributed by atoms with Crippen molar-refractivity contribution in [3.8, 4) is 23.7 Å². The average Bonchev–Trinajstić information content (AvgIpc) is 2.52. The molecule has 2 N–H and O–H groups in total. The molecule has 0 spiro atoms. The van der Waals surface area contributed by atoms with Gasteiger partial charge in [-0.25, -0.2) is 0 Å². The van der Waals surface area contributed by atoms with E-state index < -0.39 is 0 Å². The maximum atomic E-state index is 8.84. The Morgan fingerprint density at radius 1 is 1.05 bits per heavy atom. The third-order valence-electron chi connectivity index (χ3n) is 2.65. The summed E-state index contributed by atoms with van der Waals surface area (Å²) in [5, 5.41) is 8.84. The first-order valence-electron chi connectivity index (χ1n) is 6.22. The summed E-state index contributed by atoms with van der Waals surface area (Å²) in [6.07, 6.45) is 0. The van der Waals surface area contributed by atoms with Crippen LogP contribution in [-0.4, -0.2) is 6.54 Å². The first-order valence-corrected chi connectivity index (χ1v) is 6.22. The predicted octanol–water partition coefficient (Wildman–Crippen LogP) is 2.45. The number of rotatable bonds is 3. The zero-order valence-electron chi connectivity index (χ0n) is 11.0. The van der Waals surface area contributed by atoms with Crippen LogP contribution in [0, 0.1) is 23.2 Å². The van der Waals surface area contributed by atoms with Crippen LogP contribution in [0.4, 0.5) is 0 Å². The van der Waals surface area contributed by atoms with E-state index >= 15 is 0 Å². The fraction of sp³-hybridized carbons (Fsp3) is 0.118. The minimum absolute atomic E-state index is 0.355. The molecule has 20 heavy (non-hydrogen) atoms. The van der Waals surface area contributed by atoms with E-state index in [9.17, 15) is 0 Å². The van der Waals surface area contributed by atoms with Gasteiger partial charge in [0.25, 0.3) is 0 Å². The van der Waals surface area contributed by atoms with Gasteiger partial charge in [0.05, 0.1) is 18.2 Å². The van der Waals surface area contributed by atoms with Gasteiger partial charge >= 0.3 is 0 Å². The van der Waals surface area contributed by atoms with E-state index in [1.54, 1.807) is 6.07 Å². The lowest BCUT2D eigenvalue weighted by atomic mass is 10.1. The SMILES string of the molecule is N#Cc1cccc(COc2ccc(C#CCN)cc2)c1. The second-order valence-electron chi connectivity index (χ2n) is 4.13. The minimum Gasteiger partial charge on any atom is -0.489 e. The summed E-state index contributed by atoms with van der Waals surface area (Å²) < 4.78 is 5.67. The lowest BCUT2D eigenvalue weighted by Crippen LogP contribution is -1.96. The van der Waals surface area contributed by atoms with Crippen molar-refractivity contribution in [1.29, 1.82) is 5.26 Å². The van der Waals surface area contributed by atoms with Crippen LogP contribution in [0.2, 0.25) is 0 Å². The molecule has 0 fully saturated rings. The van der Waals surface area contributed by atoms with Gasteiger partial charge in [0.2, 0.25) is 0 Å². The van der Waals surface area contributed by atoms with Gasteiger partial charge in [-0.15, -0.1) is 0 Å². The smallest absolute Gasteiger partial charge is 0.119 e. The fourth-order valence-electron chi connectivity index (χ4n) is 1.68. The molecule has 0 aliphatic rings. The van der Waals surface area contributed by atoms with Gasteiger partial charge in [-0.3, -0.25) is 0 Å². The molecule has 98 valence electrons. The van der Waals surface area contributed by atoms with Crippen LogP contribution in [0.5, 0.6) is 5.75 Å². The summed E-state index contributed by atoms with van der Waals surface area (Å²) in [7, 11) is 0. The van der Waals surface area contributed by atoms with Crippen LogP contribution in [0.25, 0.3) is 0 Å². The molecule has 2 aromatic rings. The molecule has 2 rings (SSSR count). The molecule has 2 aromatic carbocycles. The van der Waals surface area contributed by atoms with E-state index in [1.807, 2.05) is 42.5 Å². The Labute approximate surface area is 118 Å². The number of nitrogens with zero attached hydrogens (tertiary/aromatic N) is 1. The predicted molar refractivity (Wildman–Crippen MR) is 77.9 cm³/mol. The van der Waals surface area contributed by atoms with Crippen molar-refractivity contribution in [2.75, 3.05) is 6.54 Å². The molecule has 0 saturated carbocycles. The van der Waals surface area contributed by atoms with E-state index in [1.165, 1.54) is 0 Å². The summed E-state index contributed by atoms with van der Waals surface area (Å²) in [6.45, 7) is 0.789. The Hall–Kier alpha value is -2.75. The maximum absolute atomic E-state index is 8.84. The topological polar surface area (TPSA) is 59.0 Å². The van der Waals surface area contributed by atoms with Crippen molar-refractivity contribution in [2.45, 2.75) is 6.61 Å². The summed E-state index contributed by atoms with van der Waals surface area (Å²) in [4.78, 5) is 0. The average molecular weight is 262 g/mol. The summed E-state index contributed by atoms with van der Waals surface area (Å²) in [6, 6.07) is 17.0. The van der Waals surface area contributed by atoms with E-state index in [0.29, 0.717) is 18.7 Å². The number of hydrogen-bond acceptors (Lipinski definition) is 3. The third kappa shape index (κ3) is 3.88. The Morgan fingerprint density at radius 2 is 1.85 bits per heavy atom. The van der Waals surface area contributed by atoms with Gasteiger partial charge in [0.1, 0.15) is 12.4 Å². The number of nitrogens with two attached hydrogens (primary N) is 1. The van der Waals surface area contributed by atoms with E-state index in [2.05, 4.69) is 17.9 Å². The molecule has 0 unspecified atom stereocenters. The fourth-order valence-corrected chi connectivity index (χ4v) is 1.68. The number of nitriles is 1. The van der Waals surface area contributed by atoms with E-state index in [-0.39, 0.29) is 0 Å². The molecule has 0 amide bonds. The third-order valence-corrected chi connectivity index (χ3v) is 2.65. The first-order chi connectivity index (χ1) is 9.81. The normalized spacial score (nSPS) is 9.20. The molecule has 0 aromatic heterocycles. The molecule has 0 bridgehead atoms. The molecule has 0 heterocycles. The highest BCUT2D eigenvalue weighted by Gasteiger charge is 1.98. The zero-order valence-corrected chi connectivity index (χ0v) is 11.0. The Morgan fingerprint density at radius 3 is 2.55 bits per heavy atom. The maximum Gasteiger partial charge on any atom is 0.119 e. The lowest BCUT2D eigenvalue weighted by molar-refractivity contribution is 0.306. The number of ether oxygens (including phenoxy) is 1. The number of hydrogen-bond donors (Lipinski definition) is 1. The van der Waals surface area contributed by atoms with Crippen molar-refractivity contribution in [3.05, 3.63) is 65.2 Å². The van der Waals surface area contributed by atoms with Gasteiger partial charge in [-0.05, 0) is 42.0 Å². The van der Waals surface area contributed by atoms with Gasteiger partial charge in [-0.2, -0.15) is 5.26 Å².